The summed E-state index contributed by atoms with van der Waals surface area (Å²) in [7, 11) is 4.91. The number of ether oxygens (including phenoxy) is 1. The summed E-state index contributed by atoms with van der Waals surface area (Å²) in [5.41, 5.74) is 5.37. The zero-order valence-corrected chi connectivity index (χ0v) is 10.9. The van der Waals surface area contributed by atoms with Gasteiger partial charge in [0.2, 0.25) is 5.91 Å². The average molecular weight is 245 g/mol. The van der Waals surface area contributed by atoms with Crippen LogP contribution in [0.4, 0.5) is 0 Å². The van der Waals surface area contributed by atoms with Crippen LogP contribution in [0.1, 0.15) is 12.8 Å². The molecule has 0 aliphatic heterocycles. The number of rotatable bonds is 8. The monoisotopic (exact) mass is 245 g/mol. The minimum absolute atomic E-state index is 0.0332. The Morgan fingerprint density at radius 1 is 1.24 bits per heavy atom. The topological polar surface area (TPSA) is 75.9 Å². The van der Waals surface area contributed by atoms with Crippen LogP contribution in [0.2, 0.25) is 0 Å². The Balaban J connectivity index is 3.82. The van der Waals surface area contributed by atoms with Crippen LogP contribution < -0.4 is 5.73 Å². The zero-order valence-electron chi connectivity index (χ0n) is 10.9. The third-order valence-electron chi connectivity index (χ3n) is 2.45. The lowest BCUT2D eigenvalue weighted by Gasteiger charge is -2.21. The maximum Gasteiger partial charge on any atom is 0.306 e. The molecule has 0 rings (SSSR count). The highest BCUT2D eigenvalue weighted by molar-refractivity contribution is 5.78. The normalized spacial score (nSPS) is 10.4. The van der Waals surface area contributed by atoms with E-state index in [0.29, 0.717) is 32.6 Å². The van der Waals surface area contributed by atoms with Gasteiger partial charge in [0.05, 0.1) is 20.1 Å². The molecular formula is C11H23N3O3. The van der Waals surface area contributed by atoms with Crippen LogP contribution in [0.25, 0.3) is 0 Å². The molecule has 0 aliphatic rings. The molecule has 0 aromatic carbocycles. The molecule has 17 heavy (non-hydrogen) atoms. The second-order valence-corrected chi connectivity index (χ2v) is 4.02. The van der Waals surface area contributed by atoms with E-state index in [9.17, 15) is 9.59 Å². The number of carbonyl (C=O) groups is 2. The van der Waals surface area contributed by atoms with Gasteiger partial charge in [-0.25, -0.2) is 0 Å². The predicted molar refractivity (Wildman–Crippen MR) is 65.4 cm³/mol. The number of nitrogens with two attached hydrogens (primary N) is 1. The van der Waals surface area contributed by atoms with E-state index >= 15 is 0 Å². The second-order valence-electron chi connectivity index (χ2n) is 4.02. The predicted octanol–water partition coefficient (Wildman–Crippen LogP) is -0.711. The van der Waals surface area contributed by atoms with Gasteiger partial charge in [-0.2, -0.15) is 0 Å². The summed E-state index contributed by atoms with van der Waals surface area (Å²) in [5, 5.41) is 0. The minimum atomic E-state index is -0.263. The van der Waals surface area contributed by atoms with Crippen LogP contribution in [0.3, 0.4) is 0 Å². The maximum atomic E-state index is 11.7. The molecule has 0 unspecified atom stereocenters. The summed E-state index contributed by atoms with van der Waals surface area (Å²) in [4.78, 5) is 26.1. The van der Waals surface area contributed by atoms with E-state index < -0.39 is 0 Å². The first-order chi connectivity index (χ1) is 8.01. The summed E-state index contributed by atoms with van der Waals surface area (Å²) in [6.07, 6.45) is 1.10. The Bertz CT molecular complexity index is 246. The van der Waals surface area contributed by atoms with Crippen molar-refractivity contribution in [3.63, 3.8) is 0 Å². The fraction of sp³-hybridized carbons (Fsp3) is 0.818. The Morgan fingerprint density at radius 3 is 2.41 bits per heavy atom. The van der Waals surface area contributed by atoms with Crippen LogP contribution >= 0.6 is 0 Å². The van der Waals surface area contributed by atoms with Crippen molar-refractivity contribution in [3.05, 3.63) is 0 Å². The van der Waals surface area contributed by atoms with Gasteiger partial charge < -0.3 is 15.4 Å². The molecule has 0 spiro atoms. The number of carbonyl (C=O) groups excluding carboxylic acids is 2. The molecule has 0 aliphatic carbocycles. The van der Waals surface area contributed by atoms with E-state index in [1.54, 1.807) is 23.9 Å². The summed E-state index contributed by atoms with van der Waals surface area (Å²) < 4.78 is 4.53. The van der Waals surface area contributed by atoms with Crippen molar-refractivity contribution in [2.75, 3.05) is 47.4 Å². The van der Waals surface area contributed by atoms with Gasteiger partial charge in [0.1, 0.15) is 0 Å². The Kier molecular flexibility index (Phi) is 8.35. The van der Waals surface area contributed by atoms with E-state index in [1.807, 2.05) is 0 Å². The largest absolute Gasteiger partial charge is 0.469 e. The number of nitrogens with zero attached hydrogens (tertiary/aromatic N) is 2. The fourth-order valence-corrected chi connectivity index (χ4v) is 1.27. The quantitative estimate of drug-likeness (QED) is 0.572. The minimum Gasteiger partial charge on any atom is -0.469 e. The maximum absolute atomic E-state index is 11.7. The molecule has 0 fully saturated rings. The van der Waals surface area contributed by atoms with Gasteiger partial charge in [0, 0.05) is 20.1 Å². The summed E-state index contributed by atoms with van der Waals surface area (Å²) in [6, 6.07) is 0. The van der Waals surface area contributed by atoms with E-state index in [2.05, 4.69) is 4.74 Å². The SMILES string of the molecule is COC(=O)CCN(C)CC(=O)N(C)CCCN. The van der Waals surface area contributed by atoms with E-state index in [0.717, 1.165) is 6.42 Å². The molecule has 0 bridgehead atoms. The van der Waals surface area contributed by atoms with Crippen molar-refractivity contribution in [3.8, 4) is 0 Å². The highest BCUT2D eigenvalue weighted by atomic mass is 16.5. The lowest BCUT2D eigenvalue weighted by molar-refractivity contribution is -0.141. The number of esters is 1. The van der Waals surface area contributed by atoms with Crippen molar-refractivity contribution in [2.24, 2.45) is 5.73 Å². The van der Waals surface area contributed by atoms with E-state index in [-0.39, 0.29) is 11.9 Å². The molecule has 100 valence electrons. The molecule has 1 amide bonds. The first-order valence-electron chi connectivity index (χ1n) is 5.70. The van der Waals surface area contributed by atoms with Crippen molar-refractivity contribution in [1.82, 2.24) is 9.80 Å². The van der Waals surface area contributed by atoms with Gasteiger partial charge in [-0.05, 0) is 20.0 Å². The molecule has 0 saturated carbocycles. The molecule has 0 atom stereocenters. The average Bonchev–Trinajstić information content (AvgIpc) is 2.32. The van der Waals surface area contributed by atoms with Crippen molar-refractivity contribution >= 4 is 11.9 Å². The molecule has 0 radical (unpaired) electrons. The molecule has 0 heterocycles. The van der Waals surface area contributed by atoms with Crippen molar-refractivity contribution < 1.29 is 14.3 Å². The first kappa shape index (κ1) is 15.9. The van der Waals surface area contributed by atoms with E-state index in [4.69, 9.17) is 5.73 Å². The summed E-state index contributed by atoms with van der Waals surface area (Å²) >= 11 is 0. The van der Waals surface area contributed by atoms with Gasteiger partial charge >= 0.3 is 5.97 Å². The number of methoxy groups -OCH3 is 1. The van der Waals surface area contributed by atoms with Gasteiger partial charge in [-0.15, -0.1) is 0 Å². The number of hydrogen-bond acceptors (Lipinski definition) is 5. The van der Waals surface area contributed by atoms with Gasteiger partial charge in [0.25, 0.3) is 0 Å². The van der Waals surface area contributed by atoms with Gasteiger partial charge in [-0.3, -0.25) is 14.5 Å². The zero-order chi connectivity index (χ0) is 13.3. The Labute approximate surface area is 103 Å². The highest BCUT2D eigenvalue weighted by Crippen LogP contribution is 1.94. The molecule has 0 aromatic rings. The number of likely N-dealkylation sites (N-methyl/N-ethyl adjacent to an activating group) is 2. The van der Waals surface area contributed by atoms with E-state index in [1.165, 1.54) is 7.11 Å². The highest BCUT2D eigenvalue weighted by Gasteiger charge is 2.12. The smallest absolute Gasteiger partial charge is 0.306 e. The third kappa shape index (κ3) is 7.70. The van der Waals surface area contributed by atoms with Gasteiger partial charge in [-0.1, -0.05) is 0 Å². The molecule has 2 N–H and O–H groups in total. The van der Waals surface area contributed by atoms with Crippen molar-refractivity contribution in [1.29, 1.82) is 0 Å². The second kappa shape index (κ2) is 8.95. The number of hydrogen-bond donors (Lipinski definition) is 1. The Hall–Kier alpha value is -1.14. The number of amides is 1. The molecule has 6 nitrogen and oxygen atoms in total. The van der Waals surface area contributed by atoms with Crippen molar-refractivity contribution in [2.45, 2.75) is 12.8 Å². The molecular weight excluding hydrogens is 222 g/mol. The first-order valence-corrected chi connectivity index (χ1v) is 5.70. The third-order valence-corrected chi connectivity index (χ3v) is 2.45. The molecule has 0 aromatic heterocycles. The molecule has 0 saturated heterocycles. The van der Waals surface area contributed by atoms with Crippen LogP contribution in [-0.2, 0) is 14.3 Å². The van der Waals surface area contributed by atoms with Crippen LogP contribution in [0, 0.1) is 0 Å². The van der Waals surface area contributed by atoms with Gasteiger partial charge in [0.15, 0.2) is 0 Å². The van der Waals surface area contributed by atoms with Crippen LogP contribution in [-0.4, -0.2) is 69.1 Å². The lowest BCUT2D eigenvalue weighted by Crippen LogP contribution is -2.38. The van der Waals surface area contributed by atoms with Crippen LogP contribution in [0.5, 0.6) is 0 Å². The Morgan fingerprint density at radius 2 is 1.88 bits per heavy atom. The van der Waals surface area contributed by atoms with Crippen LogP contribution in [0.15, 0.2) is 0 Å². The molecule has 6 heteroatoms. The lowest BCUT2D eigenvalue weighted by atomic mass is 10.3. The standard InChI is InChI=1S/C11H23N3O3/c1-13(8-5-11(16)17-3)9-10(15)14(2)7-4-6-12/h4-9,12H2,1-3H3. The summed E-state index contributed by atoms with van der Waals surface area (Å²) in [5.74, 6) is -0.230. The summed E-state index contributed by atoms with van der Waals surface area (Å²) in [6.45, 7) is 2.07. The fourth-order valence-electron chi connectivity index (χ4n) is 1.27.